The summed E-state index contributed by atoms with van der Waals surface area (Å²) in [6.45, 7) is 22.3. The van der Waals surface area contributed by atoms with Crippen LogP contribution < -0.4 is 4.90 Å². The van der Waals surface area contributed by atoms with Crippen LogP contribution in [0.2, 0.25) is 0 Å². The summed E-state index contributed by atoms with van der Waals surface area (Å²) in [5, 5.41) is 3.52. The Morgan fingerprint density at radius 2 is 1.34 bits per heavy atom. The van der Waals surface area contributed by atoms with Gasteiger partial charge in [-0.2, -0.15) is 21.4 Å². The number of Topliss-reactive ketones (excluding diaryl/α,β-unsaturated/α-hetero) is 1. The van der Waals surface area contributed by atoms with Crippen molar-refractivity contribution in [2.45, 2.75) is 148 Å². The van der Waals surface area contributed by atoms with Crippen molar-refractivity contribution in [3.05, 3.63) is 94.2 Å². The highest BCUT2D eigenvalue weighted by Crippen LogP contribution is 2.54. The molecule has 0 fully saturated rings. The zero-order chi connectivity index (χ0) is 44.8. The molecule has 0 amide bonds. The molecule has 0 saturated carbocycles. The van der Waals surface area contributed by atoms with Crippen molar-refractivity contribution >= 4 is 64.7 Å². The Morgan fingerprint density at radius 3 is 1.90 bits per heavy atom. The quantitative estimate of drug-likeness (QED) is 0.0609. The lowest BCUT2D eigenvalue weighted by molar-refractivity contribution is -0.438. The Hall–Kier alpha value is -4.16. The van der Waals surface area contributed by atoms with Crippen molar-refractivity contribution in [3.63, 3.8) is 0 Å². The van der Waals surface area contributed by atoms with Gasteiger partial charge in [-0.05, 0) is 154 Å². The molecule has 1 atom stereocenters. The minimum atomic E-state index is -4.46. The molecule has 11 heteroatoms. The molecule has 2 aliphatic rings. The number of nitrogens with zero attached hydrogens (tertiary/aromatic N) is 2. The Morgan fingerprint density at radius 1 is 0.770 bits per heavy atom. The summed E-state index contributed by atoms with van der Waals surface area (Å²) in [7, 11) is -8.90. The number of hydrogen-bond acceptors (Lipinski definition) is 6. The Bertz CT molecular complexity index is 2720. The summed E-state index contributed by atoms with van der Waals surface area (Å²) in [4.78, 5) is 14.6. The molecule has 61 heavy (non-hydrogen) atoms. The van der Waals surface area contributed by atoms with Crippen LogP contribution in [0, 0.1) is 19.8 Å². The minimum absolute atomic E-state index is 0.0178. The van der Waals surface area contributed by atoms with Gasteiger partial charge in [-0.25, -0.2) is 0 Å². The molecular formula is C50H65N2O7S2+. The van der Waals surface area contributed by atoms with Crippen LogP contribution in [0.5, 0.6) is 0 Å². The lowest BCUT2D eigenvalue weighted by atomic mass is 9.74. The molecule has 2 heterocycles. The predicted molar refractivity (Wildman–Crippen MR) is 249 cm³/mol. The van der Waals surface area contributed by atoms with Gasteiger partial charge in [0.05, 0.1) is 15.2 Å². The van der Waals surface area contributed by atoms with E-state index in [0.29, 0.717) is 13.0 Å². The molecule has 0 saturated heterocycles. The highest BCUT2D eigenvalue weighted by atomic mass is 32.2. The summed E-state index contributed by atoms with van der Waals surface area (Å²) >= 11 is 0. The van der Waals surface area contributed by atoms with Crippen LogP contribution in [-0.2, 0) is 35.9 Å². The summed E-state index contributed by atoms with van der Waals surface area (Å²) in [6.07, 6.45) is 12.4. The number of anilines is 1. The smallest absolute Gasteiger partial charge is 0.294 e. The summed E-state index contributed by atoms with van der Waals surface area (Å²) in [5.74, 6) is 0.294. The van der Waals surface area contributed by atoms with Gasteiger partial charge in [0.15, 0.2) is 5.71 Å². The van der Waals surface area contributed by atoms with Gasteiger partial charge in [-0.15, -0.1) is 0 Å². The van der Waals surface area contributed by atoms with Gasteiger partial charge >= 0.3 is 0 Å². The molecule has 328 valence electrons. The van der Waals surface area contributed by atoms with E-state index in [0.717, 1.165) is 130 Å². The maximum Gasteiger partial charge on any atom is 0.294 e. The summed E-state index contributed by atoms with van der Waals surface area (Å²) in [6, 6.07) is 14.8. The van der Waals surface area contributed by atoms with Gasteiger partial charge < -0.3 is 4.90 Å². The van der Waals surface area contributed by atoms with Crippen molar-refractivity contribution in [1.29, 1.82) is 0 Å². The molecular weight excluding hydrogens is 805 g/mol. The molecule has 2 N–H and O–H groups in total. The lowest BCUT2D eigenvalue weighted by Crippen LogP contribution is -2.30. The average molecular weight is 870 g/mol. The van der Waals surface area contributed by atoms with E-state index in [1.54, 1.807) is 18.2 Å². The number of aryl methyl sites for hydroxylation is 2. The van der Waals surface area contributed by atoms with E-state index in [1.807, 2.05) is 33.8 Å². The molecule has 0 aliphatic carbocycles. The Labute approximate surface area is 364 Å². The van der Waals surface area contributed by atoms with Crippen LogP contribution in [0.1, 0.15) is 135 Å². The number of fused-ring (bicyclic) bond motifs is 6. The third-order valence-corrected chi connectivity index (χ3v) is 14.8. The van der Waals surface area contributed by atoms with E-state index in [4.69, 9.17) is 0 Å². The first kappa shape index (κ1) is 46.3. The van der Waals surface area contributed by atoms with Gasteiger partial charge in [0, 0.05) is 59.8 Å². The Balaban J connectivity index is 1.55. The van der Waals surface area contributed by atoms with Crippen LogP contribution in [0.25, 0.3) is 21.5 Å². The highest BCUT2D eigenvalue weighted by Gasteiger charge is 2.47. The molecule has 2 aliphatic heterocycles. The third kappa shape index (κ3) is 8.90. The number of ketones is 1. The van der Waals surface area contributed by atoms with E-state index in [1.165, 1.54) is 6.07 Å². The van der Waals surface area contributed by atoms with Gasteiger partial charge in [0.2, 0.25) is 5.69 Å². The first-order valence-corrected chi connectivity index (χ1v) is 24.9. The normalized spacial score (nSPS) is 18.6. The van der Waals surface area contributed by atoms with Gasteiger partial charge in [-0.3, -0.25) is 13.9 Å². The summed E-state index contributed by atoms with van der Waals surface area (Å²) < 4.78 is 73.0. The lowest BCUT2D eigenvalue weighted by Gasteiger charge is -2.31. The number of unbranched alkanes of at least 4 members (excludes halogenated alkanes) is 4. The summed E-state index contributed by atoms with van der Waals surface area (Å²) in [5.41, 5.74) is 7.89. The SMILES string of the molecule is CCCCN1C(=CC(C)=CC2=[N+](CCCCCC(=O)C(C)C)c3ccc4c(C)cc(S(=O)(=O)O)cc4c3C2(C)C)C(C)(CCCC)c2c1ccc1c(C)cc(S(=O)(=O)O)cc21. The highest BCUT2D eigenvalue weighted by molar-refractivity contribution is 7.86. The molecule has 0 bridgehead atoms. The zero-order valence-corrected chi connectivity index (χ0v) is 39.4. The number of hydrogen-bond donors (Lipinski definition) is 2. The second-order valence-electron chi connectivity index (χ2n) is 18.5. The van der Waals surface area contributed by atoms with Gasteiger partial charge in [0.1, 0.15) is 12.3 Å². The molecule has 0 spiro atoms. The minimum Gasteiger partial charge on any atom is -0.344 e. The number of allylic oxidation sites excluding steroid dienone is 4. The van der Waals surface area contributed by atoms with Crippen molar-refractivity contribution in [2.24, 2.45) is 5.92 Å². The van der Waals surface area contributed by atoms with E-state index < -0.39 is 31.1 Å². The first-order chi connectivity index (χ1) is 28.6. The molecule has 4 aromatic carbocycles. The zero-order valence-electron chi connectivity index (χ0n) is 37.8. The standard InChI is InChI=1S/C50H64N2O7S2/c1-11-13-23-50(10)46(52(24-14-12-2)43-22-20-39-35(7)29-37(61(57,58)59)31-41(39)48(43)50)27-33(5)26-45-49(8,9)47-40-30-36(60(54,55)56)28-34(6)38(40)19-21-42(47)51(45)25-17-15-16-18-44(53)32(3)4/h19-22,26-32H,11-18,23-25H2,1-10H3,(H-,54,55,56,57,58,59)/p+1. The van der Waals surface area contributed by atoms with Crippen molar-refractivity contribution < 1.29 is 35.3 Å². The van der Waals surface area contributed by atoms with Crippen LogP contribution in [-0.4, -0.2) is 55.1 Å². The number of rotatable bonds is 17. The van der Waals surface area contributed by atoms with E-state index in [9.17, 15) is 30.7 Å². The maximum atomic E-state index is 12.6. The second-order valence-corrected chi connectivity index (χ2v) is 21.3. The van der Waals surface area contributed by atoms with Crippen molar-refractivity contribution in [3.8, 4) is 0 Å². The number of carbonyl (C=O) groups is 1. The molecule has 6 rings (SSSR count). The van der Waals surface area contributed by atoms with E-state index >= 15 is 0 Å². The van der Waals surface area contributed by atoms with Crippen LogP contribution >= 0.6 is 0 Å². The fraction of sp³-hybridized carbons (Fsp3) is 0.480. The second kappa shape index (κ2) is 17.5. The van der Waals surface area contributed by atoms with Crippen LogP contribution in [0.4, 0.5) is 11.4 Å². The number of carbonyl (C=O) groups excluding carboxylic acids is 1. The fourth-order valence-corrected chi connectivity index (χ4v) is 11.1. The predicted octanol–water partition coefficient (Wildman–Crippen LogP) is 11.9. The van der Waals surface area contributed by atoms with Crippen molar-refractivity contribution in [2.75, 3.05) is 18.0 Å². The topological polar surface area (TPSA) is 132 Å². The van der Waals surface area contributed by atoms with E-state index in [-0.39, 0.29) is 21.5 Å². The monoisotopic (exact) mass is 869 g/mol. The molecule has 0 aromatic heterocycles. The van der Waals surface area contributed by atoms with Crippen LogP contribution in [0.15, 0.2) is 81.7 Å². The molecule has 4 aromatic rings. The van der Waals surface area contributed by atoms with Gasteiger partial charge in [-0.1, -0.05) is 53.0 Å². The third-order valence-electron chi connectivity index (χ3n) is 13.2. The Kier molecular flexibility index (Phi) is 13.3. The number of benzene rings is 4. The van der Waals surface area contributed by atoms with Gasteiger partial charge in [0.25, 0.3) is 20.2 Å². The van der Waals surface area contributed by atoms with Crippen molar-refractivity contribution in [1.82, 2.24) is 0 Å². The largest absolute Gasteiger partial charge is 0.344 e. The van der Waals surface area contributed by atoms with E-state index in [2.05, 4.69) is 81.4 Å². The molecule has 1 unspecified atom stereocenters. The van der Waals surface area contributed by atoms with Crippen LogP contribution in [0.3, 0.4) is 0 Å². The fourth-order valence-electron chi connectivity index (χ4n) is 9.87. The maximum absolute atomic E-state index is 12.6. The first-order valence-electron chi connectivity index (χ1n) is 22.0. The molecule has 0 radical (unpaired) electrons. The molecule has 9 nitrogen and oxygen atoms in total. The average Bonchev–Trinajstić information content (AvgIpc) is 3.54.